The van der Waals surface area contributed by atoms with Gasteiger partial charge in [0.1, 0.15) is 18.7 Å². The van der Waals surface area contributed by atoms with Crippen LogP contribution in [0.5, 0.6) is 0 Å². The Hall–Kier alpha value is -3.03. The van der Waals surface area contributed by atoms with Crippen LogP contribution in [0.4, 0.5) is 5.82 Å². The third-order valence-corrected chi connectivity index (χ3v) is 2.89. The fourth-order valence-corrected chi connectivity index (χ4v) is 1.92. The van der Waals surface area contributed by atoms with E-state index in [9.17, 15) is 4.79 Å². The first-order valence-corrected chi connectivity index (χ1v) is 6.16. The molecule has 0 aliphatic heterocycles. The molecule has 0 atom stereocenters. The van der Waals surface area contributed by atoms with Gasteiger partial charge in [-0.05, 0) is 12.1 Å². The van der Waals surface area contributed by atoms with Crippen LogP contribution in [0, 0.1) is 0 Å². The van der Waals surface area contributed by atoms with Crippen molar-refractivity contribution in [2.45, 2.75) is 6.54 Å². The van der Waals surface area contributed by atoms with Crippen LogP contribution in [0.3, 0.4) is 0 Å². The second-order valence-corrected chi connectivity index (χ2v) is 4.30. The summed E-state index contributed by atoms with van der Waals surface area (Å²) in [5, 5.41) is 4.80. The molecule has 0 saturated heterocycles. The molecule has 1 aromatic carbocycles. The fraction of sp³-hybridized carbons (Fsp3) is 0.154. The first-order chi connectivity index (χ1) is 10.2. The van der Waals surface area contributed by atoms with E-state index in [1.165, 1.54) is 18.1 Å². The van der Waals surface area contributed by atoms with Crippen LogP contribution in [-0.4, -0.2) is 37.8 Å². The number of ether oxygens (including phenoxy) is 1. The molecule has 0 fully saturated rings. The number of carbonyl (C=O) groups excluding carboxylic acids is 1. The van der Waals surface area contributed by atoms with E-state index in [0.29, 0.717) is 11.6 Å². The highest BCUT2D eigenvalue weighted by Crippen LogP contribution is 2.17. The normalized spacial score (nSPS) is 10.7. The van der Waals surface area contributed by atoms with Crippen molar-refractivity contribution in [1.29, 1.82) is 0 Å². The molecule has 0 amide bonds. The van der Waals surface area contributed by atoms with Gasteiger partial charge in [-0.2, -0.15) is 0 Å². The van der Waals surface area contributed by atoms with Gasteiger partial charge in [-0.25, -0.2) is 24.4 Å². The van der Waals surface area contributed by atoms with E-state index in [1.807, 2.05) is 24.3 Å². The van der Waals surface area contributed by atoms with E-state index in [1.54, 1.807) is 0 Å². The van der Waals surface area contributed by atoms with Crippen LogP contribution < -0.4 is 5.73 Å². The number of fused-ring (bicyclic) bond motifs is 1. The lowest BCUT2D eigenvalue weighted by atomic mass is 10.2. The molecule has 2 aromatic heterocycles. The minimum absolute atomic E-state index is 0.00809. The molecule has 0 bridgehead atoms. The zero-order chi connectivity index (χ0) is 14.8. The number of esters is 1. The summed E-state index contributed by atoms with van der Waals surface area (Å²) in [6.07, 6.45) is 1.42. The zero-order valence-electron chi connectivity index (χ0n) is 11.2. The number of nitrogens with two attached hydrogens (primary N) is 1. The molecule has 21 heavy (non-hydrogen) atoms. The third-order valence-electron chi connectivity index (χ3n) is 2.89. The van der Waals surface area contributed by atoms with E-state index >= 15 is 0 Å². The number of hydrogen-bond donors (Lipinski definition) is 1. The number of rotatable bonds is 3. The van der Waals surface area contributed by atoms with Crippen molar-refractivity contribution >= 4 is 22.7 Å². The molecule has 8 heteroatoms. The summed E-state index contributed by atoms with van der Waals surface area (Å²) in [5.41, 5.74) is 6.67. The molecule has 2 heterocycles. The van der Waals surface area contributed by atoms with E-state index in [2.05, 4.69) is 24.8 Å². The second kappa shape index (κ2) is 5.16. The zero-order valence-corrected chi connectivity index (χ0v) is 11.2. The Morgan fingerprint density at radius 1 is 1.33 bits per heavy atom. The lowest BCUT2D eigenvalue weighted by Gasteiger charge is -2.04. The van der Waals surface area contributed by atoms with Gasteiger partial charge in [0.15, 0.2) is 5.82 Å². The molecule has 0 spiro atoms. The average Bonchev–Trinajstić information content (AvgIpc) is 2.95. The van der Waals surface area contributed by atoms with Crippen molar-refractivity contribution < 1.29 is 9.53 Å². The number of nitrogen functional groups attached to an aromatic ring is 1. The Labute approximate surface area is 119 Å². The van der Waals surface area contributed by atoms with Crippen molar-refractivity contribution in [3.05, 3.63) is 42.2 Å². The quantitative estimate of drug-likeness (QED) is 0.703. The fourth-order valence-electron chi connectivity index (χ4n) is 1.92. The Bertz CT molecular complexity index is 813. The van der Waals surface area contributed by atoms with E-state index in [4.69, 9.17) is 5.73 Å². The van der Waals surface area contributed by atoms with Gasteiger partial charge >= 0.3 is 5.97 Å². The highest BCUT2D eigenvalue weighted by molar-refractivity contribution is 5.87. The highest BCUT2D eigenvalue weighted by Gasteiger charge is 2.12. The van der Waals surface area contributed by atoms with E-state index in [-0.39, 0.29) is 12.4 Å². The molecular formula is C13H12N6O2. The van der Waals surface area contributed by atoms with Gasteiger partial charge in [-0.3, -0.25) is 0 Å². The Morgan fingerprint density at radius 2 is 2.14 bits per heavy atom. The Morgan fingerprint density at radius 3 is 2.95 bits per heavy atom. The number of methoxy groups -OCH3 is 1. The number of anilines is 1. The maximum Gasteiger partial charge on any atom is 0.377 e. The maximum atomic E-state index is 11.3. The Kier molecular flexibility index (Phi) is 3.19. The predicted octanol–water partition coefficient (Wildman–Crippen LogP) is 0.638. The molecule has 0 aliphatic carbocycles. The van der Waals surface area contributed by atoms with Gasteiger partial charge in [0.25, 0.3) is 5.82 Å². The molecule has 2 N–H and O–H groups in total. The minimum atomic E-state index is -0.590. The van der Waals surface area contributed by atoms with Crippen LogP contribution in [0.25, 0.3) is 10.9 Å². The molecule has 106 valence electrons. The summed E-state index contributed by atoms with van der Waals surface area (Å²) in [6, 6.07) is 7.47. The van der Waals surface area contributed by atoms with E-state index in [0.717, 1.165) is 10.9 Å². The second-order valence-electron chi connectivity index (χ2n) is 4.30. The maximum absolute atomic E-state index is 11.3. The monoisotopic (exact) mass is 284 g/mol. The first kappa shape index (κ1) is 13.0. The largest absolute Gasteiger partial charge is 0.463 e. The summed E-state index contributed by atoms with van der Waals surface area (Å²) < 4.78 is 6.00. The number of para-hydroxylation sites is 1. The topological polar surface area (TPSA) is 109 Å². The molecular weight excluding hydrogens is 272 g/mol. The summed E-state index contributed by atoms with van der Waals surface area (Å²) in [7, 11) is 1.27. The van der Waals surface area contributed by atoms with E-state index < -0.39 is 5.97 Å². The molecule has 0 unspecified atom stereocenters. The molecule has 3 rings (SSSR count). The highest BCUT2D eigenvalue weighted by atomic mass is 16.5. The number of nitrogens with zero attached hydrogens (tertiary/aromatic N) is 5. The van der Waals surface area contributed by atoms with Crippen LogP contribution in [-0.2, 0) is 11.3 Å². The van der Waals surface area contributed by atoms with Gasteiger partial charge in [0.2, 0.25) is 0 Å². The Balaban J connectivity index is 1.91. The number of carbonyl (C=O) groups is 1. The van der Waals surface area contributed by atoms with Crippen LogP contribution in [0.15, 0.2) is 30.6 Å². The summed E-state index contributed by atoms with van der Waals surface area (Å²) in [5.74, 6) is 0.301. The molecule has 3 aromatic rings. The van der Waals surface area contributed by atoms with Crippen molar-refractivity contribution in [3.63, 3.8) is 0 Å². The van der Waals surface area contributed by atoms with Crippen molar-refractivity contribution in [3.8, 4) is 0 Å². The summed E-state index contributed by atoms with van der Waals surface area (Å²) in [4.78, 5) is 23.8. The third kappa shape index (κ3) is 2.50. The van der Waals surface area contributed by atoms with Crippen molar-refractivity contribution in [1.82, 2.24) is 24.7 Å². The SMILES string of the molecule is COC(=O)c1ncn(Cc2nc(N)c3ccccc3n2)n1. The minimum Gasteiger partial charge on any atom is -0.463 e. The number of benzene rings is 1. The number of aromatic nitrogens is 5. The van der Waals surface area contributed by atoms with Gasteiger partial charge < -0.3 is 10.5 Å². The first-order valence-electron chi connectivity index (χ1n) is 6.16. The standard InChI is InChI=1S/C13H12N6O2/c1-21-13(20)12-15-7-19(18-12)6-10-16-9-5-3-2-4-8(9)11(14)17-10/h2-5,7H,6H2,1H3,(H2,14,16,17). The molecule has 8 nitrogen and oxygen atoms in total. The van der Waals surface area contributed by atoms with Crippen molar-refractivity contribution in [2.75, 3.05) is 12.8 Å². The molecule has 0 saturated carbocycles. The van der Waals surface area contributed by atoms with Gasteiger partial charge in [-0.15, -0.1) is 5.10 Å². The van der Waals surface area contributed by atoms with Crippen LogP contribution >= 0.6 is 0 Å². The van der Waals surface area contributed by atoms with Gasteiger partial charge in [0, 0.05) is 5.39 Å². The van der Waals surface area contributed by atoms with Crippen molar-refractivity contribution in [2.24, 2.45) is 0 Å². The van der Waals surface area contributed by atoms with Crippen LogP contribution in [0.2, 0.25) is 0 Å². The molecule has 0 aliphatic rings. The smallest absolute Gasteiger partial charge is 0.377 e. The van der Waals surface area contributed by atoms with Gasteiger partial charge in [-0.1, -0.05) is 12.1 Å². The molecule has 0 radical (unpaired) electrons. The number of hydrogen-bond acceptors (Lipinski definition) is 7. The van der Waals surface area contributed by atoms with Crippen LogP contribution in [0.1, 0.15) is 16.4 Å². The predicted molar refractivity (Wildman–Crippen MR) is 74.4 cm³/mol. The summed E-state index contributed by atoms with van der Waals surface area (Å²) in [6.45, 7) is 0.263. The van der Waals surface area contributed by atoms with Gasteiger partial charge in [0.05, 0.1) is 12.6 Å². The lowest BCUT2D eigenvalue weighted by molar-refractivity contribution is 0.0586. The average molecular weight is 284 g/mol. The lowest BCUT2D eigenvalue weighted by Crippen LogP contribution is -2.09. The summed E-state index contributed by atoms with van der Waals surface area (Å²) >= 11 is 0.